The summed E-state index contributed by atoms with van der Waals surface area (Å²) < 4.78 is 76.1. The SMILES string of the molecule is O=C(Nc1cc(C(F)(F)F)ccc1N1CCN(CCO)CC1)C(F)(F)F. The minimum atomic E-state index is -5.22. The quantitative estimate of drug-likeness (QED) is 0.782. The summed E-state index contributed by atoms with van der Waals surface area (Å²) in [7, 11) is 0. The number of carbonyl (C=O) groups excluding carboxylic acids is 1. The van der Waals surface area contributed by atoms with E-state index in [0.717, 1.165) is 12.1 Å². The molecule has 0 radical (unpaired) electrons. The van der Waals surface area contributed by atoms with Crippen molar-refractivity contribution in [3.05, 3.63) is 23.8 Å². The number of hydrogen-bond acceptors (Lipinski definition) is 4. The molecule has 0 saturated carbocycles. The number of nitrogens with one attached hydrogen (secondary N) is 1. The molecule has 26 heavy (non-hydrogen) atoms. The lowest BCUT2D eigenvalue weighted by atomic mass is 10.1. The Labute approximate surface area is 145 Å². The Bertz CT molecular complexity index is 639. The van der Waals surface area contributed by atoms with Gasteiger partial charge in [-0.3, -0.25) is 9.69 Å². The fourth-order valence-electron chi connectivity index (χ4n) is 2.64. The molecule has 5 nitrogen and oxygen atoms in total. The number of aliphatic hydroxyl groups excluding tert-OH is 1. The second kappa shape index (κ2) is 7.70. The van der Waals surface area contributed by atoms with Crippen LogP contribution in [0.1, 0.15) is 5.56 Å². The van der Waals surface area contributed by atoms with Gasteiger partial charge in [-0.1, -0.05) is 0 Å². The largest absolute Gasteiger partial charge is 0.471 e. The van der Waals surface area contributed by atoms with Gasteiger partial charge in [-0.15, -0.1) is 0 Å². The zero-order valence-corrected chi connectivity index (χ0v) is 13.5. The monoisotopic (exact) mass is 385 g/mol. The van der Waals surface area contributed by atoms with E-state index < -0.39 is 29.5 Å². The number of alkyl halides is 6. The number of hydrogen-bond donors (Lipinski definition) is 2. The van der Waals surface area contributed by atoms with E-state index in [1.54, 1.807) is 4.90 Å². The van der Waals surface area contributed by atoms with E-state index >= 15 is 0 Å². The van der Waals surface area contributed by atoms with Gasteiger partial charge in [-0.05, 0) is 18.2 Å². The smallest absolute Gasteiger partial charge is 0.395 e. The molecule has 1 saturated heterocycles. The van der Waals surface area contributed by atoms with Crippen LogP contribution >= 0.6 is 0 Å². The molecule has 1 amide bonds. The molecule has 0 atom stereocenters. The molecule has 1 aromatic carbocycles. The molecule has 1 aliphatic heterocycles. The van der Waals surface area contributed by atoms with E-state index in [1.807, 2.05) is 4.90 Å². The van der Waals surface area contributed by atoms with Crippen molar-refractivity contribution in [1.29, 1.82) is 0 Å². The van der Waals surface area contributed by atoms with Gasteiger partial charge in [-0.2, -0.15) is 26.3 Å². The molecule has 146 valence electrons. The highest BCUT2D eigenvalue weighted by atomic mass is 19.4. The first kappa shape index (κ1) is 20.3. The Kier molecular flexibility index (Phi) is 6.02. The Morgan fingerprint density at radius 1 is 1.08 bits per heavy atom. The van der Waals surface area contributed by atoms with Crippen LogP contribution in [0.5, 0.6) is 0 Å². The van der Waals surface area contributed by atoms with Gasteiger partial charge in [0.2, 0.25) is 0 Å². The molecule has 0 bridgehead atoms. The Morgan fingerprint density at radius 2 is 1.69 bits per heavy atom. The third-order valence-corrected chi connectivity index (χ3v) is 3.96. The summed E-state index contributed by atoms with van der Waals surface area (Å²) in [4.78, 5) is 14.7. The molecule has 2 rings (SSSR count). The van der Waals surface area contributed by atoms with E-state index in [2.05, 4.69) is 0 Å². The summed E-state index contributed by atoms with van der Waals surface area (Å²) >= 11 is 0. The van der Waals surface area contributed by atoms with Gasteiger partial charge in [0.05, 0.1) is 23.5 Å². The van der Waals surface area contributed by atoms with Crippen molar-refractivity contribution in [2.24, 2.45) is 0 Å². The van der Waals surface area contributed by atoms with E-state index in [0.29, 0.717) is 38.8 Å². The lowest BCUT2D eigenvalue weighted by Gasteiger charge is -2.36. The maximum atomic E-state index is 12.9. The van der Waals surface area contributed by atoms with Gasteiger partial charge in [0.15, 0.2) is 0 Å². The van der Waals surface area contributed by atoms with Gasteiger partial charge in [0, 0.05) is 32.7 Å². The van der Waals surface area contributed by atoms with Gasteiger partial charge in [0.25, 0.3) is 0 Å². The summed E-state index contributed by atoms with van der Waals surface area (Å²) in [6.45, 7) is 2.01. The number of nitrogens with zero attached hydrogens (tertiary/aromatic N) is 2. The summed E-state index contributed by atoms with van der Waals surface area (Å²) in [6.07, 6.45) is -9.97. The number of benzene rings is 1. The molecular weight excluding hydrogens is 368 g/mol. The lowest BCUT2D eigenvalue weighted by Crippen LogP contribution is -2.47. The molecule has 1 heterocycles. The molecule has 1 aliphatic rings. The van der Waals surface area contributed by atoms with Crippen LogP contribution in [-0.4, -0.2) is 61.4 Å². The Morgan fingerprint density at radius 3 is 2.19 bits per heavy atom. The number of amides is 1. The average Bonchev–Trinajstić information content (AvgIpc) is 2.54. The van der Waals surface area contributed by atoms with Crippen LogP contribution < -0.4 is 10.2 Å². The number of carbonyl (C=O) groups is 1. The Balaban J connectivity index is 2.28. The molecule has 0 unspecified atom stereocenters. The second-order valence-electron chi connectivity index (χ2n) is 5.73. The lowest BCUT2D eigenvalue weighted by molar-refractivity contribution is -0.167. The van der Waals surface area contributed by atoms with E-state index in [1.165, 1.54) is 5.32 Å². The number of anilines is 2. The zero-order chi connectivity index (χ0) is 19.5. The van der Waals surface area contributed by atoms with Crippen LogP contribution in [-0.2, 0) is 11.0 Å². The van der Waals surface area contributed by atoms with Crippen molar-refractivity contribution in [2.45, 2.75) is 12.4 Å². The highest BCUT2D eigenvalue weighted by molar-refractivity contribution is 5.98. The summed E-state index contributed by atoms with van der Waals surface area (Å²) in [5, 5.41) is 10.4. The van der Waals surface area contributed by atoms with Crippen LogP contribution in [0.2, 0.25) is 0 Å². The van der Waals surface area contributed by atoms with Crippen molar-refractivity contribution in [2.75, 3.05) is 49.5 Å². The number of β-amino-alcohol motifs (C(OH)–C–C–N with tert-alkyl or cyclic N) is 1. The standard InChI is InChI=1S/C15H17F6N3O2/c16-14(17,18)10-1-2-12(11(9-10)22-13(26)15(19,20)21)24-5-3-23(4-6-24)7-8-25/h1-2,9,25H,3-8H2,(H,22,26). The first-order chi connectivity index (χ1) is 12.0. The number of halogens is 6. The molecule has 1 aromatic rings. The molecule has 0 spiro atoms. The van der Waals surface area contributed by atoms with Crippen LogP contribution in [0.25, 0.3) is 0 Å². The highest BCUT2D eigenvalue weighted by Crippen LogP contribution is 2.36. The van der Waals surface area contributed by atoms with Crippen molar-refractivity contribution in [3.8, 4) is 0 Å². The average molecular weight is 385 g/mol. The summed E-state index contributed by atoms with van der Waals surface area (Å²) in [6, 6.07) is 2.31. The minimum Gasteiger partial charge on any atom is -0.395 e. The number of piperazine rings is 1. The van der Waals surface area contributed by atoms with Crippen LogP contribution in [0, 0.1) is 0 Å². The maximum Gasteiger partial charge on any atom is 0.471 e. The topological polar surface area (TPSA) is 55.8 Å². The van der Waals surface area contributed by atoms with Gasteiger partial charge >= 0.3 is 18.3 Å². The normalized spacial score (nSPS) is 16.7. The molecule has 0 aliphatic carbocycles. The summed E-state index contributed by atoms with van der Waals surface area (Å²) in [5.41, 5.74) is -1.62. The predicted octanol–water partition coefficient (Wildman–Crippen LogP) is 2.32. The first-order valence-electron chi connectivity index (χ1n) is 7.70. The molecule has 0 aromatic heterocycles. The maximum absolute atomic E-state index is 12.9. The second-order valence-corrected chi connectivity index (χ2v) is 5.73. The van der Waals surface area contributed by atoms with Crippen LogP contribution in [0.3, 0.4) is 0 Å². The third kappa shape index (κ3) is 5.01. The van der Waals surface area contributed by atoms with Crippen LogP contribution in [0.4, 0.5) is 37.7 Å². The molecular formula is C15H17F6N3O2. The van der Waals surface area contributed by atoms with Crippen molar-refractivity contribution >= 4 is 17.3 Å². The third-order valence-electron chi connectivity index (χ3n) is 3.96. The number of rotatable bonds is 4. The fraction of sp³-hybridized carbons (Fsp3) is 0.533. The summed E-state index contributed by atoms with van der Waals surface area (Å²) in [5.74, 6) is -2.34. The van der Waals surface area contributed by atoms with Crippen LogP contribution in [0.15, 0.2) is 18.2 Å². The van der Waals surface area contributed by atoms with Crippen molar-refractivity contribution < 1.29 is 36.2 Å². The van der Waals surface area contributed by atoms with E-state index in [-0.39, 0.29) is 12.3 Å². The fourth-order valence-corrected chi connectivity index (χ4v) is 2.64. The number of aliphatic hydroxyl groups is 1. The minimum absolute atomic E-state index is 0.0484. The highest BCUT2D eigenvalue weighted by Gasteiger charge is 2.40. The van der Waals surface area contributed by atoms with Crippen molar-refractivity contribution in [1.82, 2.24) is 4.90 Å². The molecule has 1 fully saturated rings. The van der Waals surface area contributed by atoms with E-state index in [9.17, 15) is 31.1 Å². The first-order valence-corrected chi connectivity index (χ1v) is 7.70. The molecule has 11 heteroatoms. The van der Waals surface area contributed by atoms with Gasteiger partial charge in [-0.25, -0.2) is 0 Å². The predicted molar refractivity (Wildman–Crippen MR) is 81.9 cm³/mol. The Hall–Kier alpha value is -2.01. The van der Waals surface area contributed by atoms with Gasteiger partial charge < -0.3 is 15.3 Å². The van der Waals surface area contributed by atoms with E-state index in [4.69, 9.17) is 5.11 Å². The van der Waals surface area contributed by atoms with Gasteiger partial charge in [0.1, 0.15) is 0 Å². The zero-order valence-electron chi connectivity index (χ0n) is 13.5. The molecule has 2 N–H and O–H groups in total. The van der Waals surface area contributed by atoms with Crippen molar-refractivity contribution in [3.63, 3.8) is 0 Å².